The number of benzene rings is 1. The second-order valence-electron chi connectivity index (χ2n) is 4.65. The molecule has 0 atom stereocenters. The standard InChI is InChI=1S/C16H16N2S/c1-11-5-4-6-14(7-11)10-19-16-15(9-17)12(2)8-13(3)18-16/h4-8H,10H2,1-3H3. The van der Waals surface area contributed by atoms with Crippen LogP contribution in [0.4, 0.5) is 0 Å². The number of pyridine rings is 1. The first kappa shape index (κ1) is 13.6. The average molecular weight is 268 g/mol. The molecular weight excluding hydrogens is 252 g/mol. The van der Waals surface area contributed by atoms with E-state index in [0.717, 1.165) is 22.0 Å². The number of thioether (sulfide) groups is 1. The molecule has 0 aliphatic heterocycles. The number of hydrogen-bond donors (Lipinski definition) is 0. The first-order valence-corrected chi connectivity index (χ1v) is 7.15. The van der Waals surface area contributed by atoms with E-state index >= 15 is 0 Å². The second kappa shape index (κ2) is 5.90. The molecule has 2 nitrogen and oxygen atoms in total. The van der Waals surface area contributed by atoms with Gasteiger partial charge < -0.3 is 0 Å². The van der Waals surface area contributed by atoms with Gasteiger partial charge in [-0.3, -0.25) is 0 Å². The van der Waals surface area contributed by atoms with Gasteiger partial charge in [0.05, 0.1) is 5.56 Å². The first-order chi connectivity index (χ1) is 9.10. The highest BCUT2D eigenvalue weighted by atomic mass is 32.2. The highest BCUT2D eigenvalue weighted by molar-refractivity contribution is 7.98. The molecule has 2 rings (SSSR count). The van der Waals surface area contributed by atoms with E-state index in [1.54, 1.807) is 11.8 Å². The van der Waals surface area contributed by atoms with Crippen LogP contribution in [-0.4, -0.2) is 4.98 Å². The van der Waals surface area contributed by atoms with Crippen LogP contribution in [0, 0.1) is 32.1 Å². The van der Waals surface area contributed by atoms with E-state index in [-0.39, 0.29) is 0 Å². The van der Waals surface area contributed by atoms with Crippen molar-refractivity contribution in [3.05, 3.63) is 58.3 Å². The first-order valence-electron chi connectivity index (χ1n) is 6.17. The smallest absolute Gasteiger partial charge is 0.115 e. The molecule has 96 valence electrons. The summed E-state index contributed by atoms with van der Waals surface area (Å²) in [6, 6.07) is 12.6. The molecule has 0 saturated carbocycles. The van der Waals surface area contributed by atoms with Gasteiger partial charge >= 0.3 is 0 Å². The van der Waals surface area contributed by atoms with Crippen LogP contribution in [-0.2, 0) is 5.75 Å². The monoisotopic (exact) mass is 268 g/mol. The third kappa shape index (κ3) is 3.36. The second-order valence-corrected chi connectivity index (χ2v) is 5.61. The van der Waals surface area contributed by atoms with E-state index in [1.807, 2.05) is 19.9 Å². The Morgan fingerprint density at radius 1 is 1.21 bits per heavy atom. The summed E-state index contributed by atoms with van der Waals surface area (Å²) in [6.45, 7) is 6.01. The van der Waals surface area contributed by atoms with E-state index in [4.69, 9.17) is 0 Å². The average Bonchev–Trinajstić information content (AvgIpc) is 2.36. The summed E-state index contributed by atoms with van der Waals surface area (Å²) in [4.78, 5) is 4.48. The quantitative estimate of drug-likeness (QED) is 0.784. The molecule has 0 spiro atoms. The van der Waals surface area contributed by atoms with Crippen LogP contribution in [0.15, 0.2) is 35.4 Å². The summed E-state index contributed by atoms with van der Waals surface area (Å²) in [5.41, 5.74) is 5.18. The Morgan fingerprint density at radius 2 is 2.00 bits per heavy atom. The molecule has 0 aliphatic carbocycles. The fourth-order valence-electron chi connectivity index (χ4n) is 2.00. The van der Waals surface area contributed by atoms with Crippen molar-refractivity contribution in [3.63, 3.8) is 0 Å². The lowest BCUT2D eigenvalue weighted by Crippen LogP contribution is -1.94. The van der Waals surface area contributed by atoms with Gasteiger partial charge in [0.25, 0.3) is 0 Å². The van der Waals surface area contributed by atoms with Crippen molar-refractivity contribution in [2.45, 2.75) is 31.6 Å². The molecule has 0 bridgehead atoms. The molecule has 1 aromatic heterocycles. The lowest BCUT2D eigenvalue weighted by molar-refractivity contribution is 1.03. The highest BCUT2D eigenvalue weighted by Crippen LogP contribution is 2.26. The number of aryl methyl sites for hydroxylation is 3. The Kier molecular flexibility index (Phi) is 4.24. The molecule has 1 heterocycles. The fraction of sp³-hybridized carbons (Fsp3) is 0.250. The van der Waals surface area contributed by atoms with Crippen LogP contribution in [0.5, 0.6) is 0 Å². The van der Waals surface area contributed by atoms with Gasteiger partial charge in [0.15, 0.2) is 0 Å². The molecule has 2 aromatic rings. The van der Waals surface area contributed by atoms with E-state index in [1.165, 1.54) is 11.1 Å². The van der Waals surface area contributed by atoms with Crippen molar-refractivity contribution in [1.82, 2.24) is 4.98 Å². The molecular formula is C16H16N2S. The Morgan fingerprint density at radius 3 is 2.68 bits per heavy atom. The maximum Gasteiger partial charge on any atom is 0.115 e. The summed E-state index contributed by atoms with van der Waals surface area (Å²) >= 11 is 1.63. The van der Waals surface area contributed by atoms with Gasteiger partial charge in [0, 0.05) is 11.4 Å². The molecule has 0 aliphatic rings. The highest BCUT2D eigenvalue weighted by Gasteiger charge is 2.09. The van der Waals surface area contributed by atoms with Gasteiger partial charge in [-0.1, -0.05) is 29.8 Å². The molecule has 0 saturated heterocycles. The summed E-state index contributed by atoms with van der Waals surface area (Å²) in [5, 5.41) is 10.1. The van der Waals surface area contributed by atoms with Crippen LogP contribution in [0.1, 0.15) is 27.9 Å². The third-order valence-electron chi connectivity index (χ3n) is 2.88. The third-order valence-corrected chi connectivity index (χ3v) is 3.93. The van der Waals surface area contributed by atoms with Gasteiger partial charge in [-0.05, 0) is 38.0 Å². The van der Waals surface area contributed by atoms with E-state index in [2.05, 4.69) is 42.2 Å². The molecule has 0 amide bonds. The Hall–Kier alpha value is -1.79. The minimum atomic E-state index is 0.697. The summed E-state index contributed by atoms with van der Waals surface area (Å²) in [6.07, 6.45) is 0. The van der Waals surface area contributed by atoms with Gasteiger partial charge in [-0.25, -0.2) is 4.98 Å². The predicted molar refractivity (Wildman–Crippen MR) is 79.2 cm³/mol. The van der Waals surface area contributed by atoms with Crippen molar-refractivity contribution < 1.29 is 0 Å². The Labute approximate surface area is 118 Å². The van der Waals surface area contributed by atoms with Crippen molar-refractivity contribution in [2.24, 2.45) is 0 Å². The molecule has 0 radical (unpaired) electrons. The summed E-state index contributed by atoms with van der Waals surface area (Å²) in [7, 11) is 0. The summed E-state index contributed by atoms with van der Waals surface area (Å²) in [5.74, 6) is 0.840. The van der Waals surface area contributed by atoms with Gasteiger partial charge in [0.2, 0.25) is 0 Å². The normalized spacial score (nSPS) is 10.2. The maximum absolute atomic E-state index is 9.23. The number of aromatic nitrogens is 1. The molecule has 19 heavy (non-hydrogen) atoms. The van der Waals surface area contributed by atoms with Gasteiger partial charge in [-0.2, -0.15) is 5.26 Å². The van der Waals surface area contributed by atoms with Crippen molar-refractivity contribution in [3.8, 4) is 6.07 Å². The van der Waals surface area contributed by atoms with E-state index in [0.29, 0.717) is 5.56 Å². The number of hydrogen-bond acceptors (Lipinski definition) is 3. The largest absolute Gasteiger partial charge is 0.245 e. The summed E-state index contributed by atoms with van der Waals surface area (Å²) < 4.78 is 0. The number of nitrogens with zero attached hydrogens (tertiary/aromatic N) is 2. The predicted octanol–water partition coefficient (Wildman–Crippen LogP) is 4.17. The molecule has 3 heteroatoms. The molecule has 0 fully saturated rings. The SMILES string of the molecule is Cc1cccc(CSc2nc(C)cc(C)c2C#N)c1. The fourth-order valence-corrected chi connectivity index (χ4v) is 3.04. The molecule has 0 N–H and O–H groups in total. The van der Waals surface area contributed by atoms with Crippen LogP contribution < -0.4 is 0 Å². The minimum Gasteiger partial charge on any atom is -0.245 e. The van der Waals surface area contributed by atoms with Crippen molar-refractivity contribution >= 4 is 11.8 Å². The topological polar surface area (TPSA) is 36.7 Å². The number of rotatable bonds is 3. The van der Waals surface area contributed by atoms with Crippen molar-refractivity contribution in [1.29, 1.82) is 5.26 Å². The zero-order chi connectivity index (χ0) is 13.8. The van der Waals surface area contributed by atoms with Crippen LogP contribution in [0.3, 0.4) is 0 Å². The lowest BCUT2D eigenvalue weighted by Gasteiger charge is -2.07. The molecule has 0 unspecified atom stereocenters. The Balaban J connectivity index is 2.22. The molecule has 1 aromatic carbocycles. The van der Waals surface area contributed by atoms with Gasteiger partial charge in [-0.15, -0.1) is 11.8 Å². The van der Waals surface area contributed by atoms with Crippen LogP contribution in [0.25, 0.3) is 0 Å². The van der Waals surface area contributed by atoms with Crippen molar-refractivity contribution in [2.75, 3.05) is 0 Å². The lowest BCUT2D eigenvalue weighted by atomic mass is 10.1. The van der Waals surface area contributed by atoms with Gasteiger partial charge in [0.1, 0.15) is 11.1 Å². The minimum absolute atomic E-state index is 0.697. The van der Waals surface area contributed by atoms with Crippen LogP contribution in [0.2, 0.25) is 0 Å². The maximum atomic E-state index is 9.23. The van der Waals surface area contributed by atoms with Crippen LogP contribution >= 0.6 is 11.8 Å². The van der Waals surface area contributed by atoms with E-state index in [9.17, 15) is 5.26 Å². The number of nitriles is 1. The van der Waals surface area contributed by atoms with E-state index < -0.39 is 0 Å². The Bertz CT molecular complexity index is 642. The zero-order valence-electron chi connectivity index (χ0n) is 11.4. The zero-order valence-corrected chi connectivity index (χ0v) is 12.2.